The summed E-state index contributed by atoms with van der Waals surface area (Å²) in [5, 5.41) is 3.30. The van der Waals surface area contributed by atoms with E-state index < -0.39 is 5.91 Å². The molecule has 0 spiro atoms. The maximum atomic E-state index is 11.8. The number of ether oxygens (including phenoxy) is 1. The van der Waals surface area contributed by atoms with E-state index in [-0.39, 0.29) is 0 Å². The van der Waals surface area contributed by atoms with Crippen molar-refractivity contribution >= 4 is 11.6 Å². The molecule has 1 aliphatic heterocycles. The van der Waals surface area contributed by atoms with Crippen molar-refractivity contribution < 1.29 is 9.53 Å². The molecule has 5 heteroatoms. The number of hydrogen-bond acceptors (Lipinski definition) is 4. The van der Waals surface area contributed by atoms with Crippen LogP contribution in [0.4, 0.5) is 5.69 Å². The Kier molecular flexibility index (Phi) is 4.48. The maximum Gasteiger partial charge on any atom is 0.250 e. The zero-order valence-corrected chi connectivity index (χ0v) is 13.2. The van der Waals surface area contributed by atoms with Gasteiger partial charge in [0.05, 0.1) is 5.56 Å². The van der Waals surface area contributed by atoms with Crippen LogP contribution in [-0.4, -0.2) is 32.1 Å². The molecule has 3 N–H and O–H groups in total. The average molecular weight is 311 g/mol. The summed E-state index contributed by atoms with van der Waals surface area (Å²) in [6.07, 6.45) is 0. The van der Waals surface area contributed by atoms with E-state index in [9.17, 15) is 4.79 Å². The molecular weight excluding hydrogens is 290 g/mol. The average Bonchev–Trinajstić information content (AvgIpc) is 2.57. The molecule has 1 fully saturated rings. The van der Waals surface area contributed by atoms with Gasteiger partial charge in [0.1, 0.15) is 11.5 Å². The number of rotatable bonds is 4. The third kappa shape index (κ3) is 3.63. The molecule has 1 amide bonds. The van der Waals surface area contributed by atoms with Crippen LogP contribution in [0.5, 0.6) is 11.5 Å². The number of carbonyl (C=O) groups excluding carboxylic acids is 1. The molecule has 5 nitrogen and oxygen atoms in total. The van der Waals surface area contributed by atoms with Crippen molar-refractivity contribution in [3.63, 3.8) is 0 Å². The van der Waals surface area contributed by atoms with Crippen LogP contribution < -0.4 is 20.7 Å². The number of nitrogens with zero attached hydrogens (tertiary/aromatic N) is 1. The SMILES string of the molecule is Cc1ccc(Oc2ccc(N3CCNCC3)c(C(N)=O)c2)cc1. The number of hydrogen-bond donors (Lipinski definition) is 2. The number of benzene rings is 2. The predicted octanol–water partition coefficient (Wildman–Crippen LogP) is 2.30. The van der Waals surface area contributed by atoms with Crippen LogP contribution in [0.2, 0.25) is 0 Å². The van der Waals surface area contributed by atoms with Crippen LogP contribution in [0.15, 0.2) is 42.5 Å². The summed E-state index contributed by atoms with van der Waals surface area (Å²) >= 11 is 0. The van der Waals surface area contributed by atoms with Gasteiger partial charge in [-0.25, -0.2) is 0 Å². The highest BCUT2D eigenvalue weighted by atomic mass is 16.5. The molecule has 0 unspecified atom stereocenters. The molecule has 120 valence electrons. The number of amides is 1. The van der Waals surface area contributed by atoms with E-state index in [0.717, 1.165) is 37.6 Å². The Bertz CT molecular complexity index is 692. The number of nitrogens with one attached hydrogen (secondary N) is 1. The van der Waals surface area contributed by atoms with E-state index in [2.05, 4.69) is 10.2 Å². The van der Waals surface area contributed by atoms with E-state index in [1.807, 2.05) is 43.3 Å². The first-order valence-corrected chi connectivity index (χ1v) is 7.77. The van der Waals surface area contributed by atoms with Crippen LogP contribution in [0, 0.1) is 6.92 Å². The molecule has 3 rings (SSSR count). The lowest BCUT2D eigenvalue weighted by atomic mass is 10.1. The van der Waals surface area contributed by atoms with E-state index in [4.69, 9.17) is 10.5 Å². The number of anilines is 1. The highest BCUT2D eigenvalue weighted by Crippen LogP contribution is 2.29. The Morgan fingerprint density at radius 1 is 1.09 bits per heavy atom. The fourth-order valence-electron chi connectivity index (χ4n) is 2.70. The van der Waals surface area contributed by atoms with Crippen LogP contribution in [-0.2, 0) is 0 Å². The van der Waals surface area contributed by atoms with Gasteiger partial charge in [-0.2, -0.15) is 0 Å². The first-order chi connectivity index (χ1) is 11.1. The van der Waals surface area contributed by atoms with Crippen molar-refractivity contribution in [1.82, 2.24) is 5.32 Å². The highest BCUT2D eigenvalue weighted by Gasteiger charge is 2.18. The summed E-state index contributed by atoms with van der Waals surface area (Å²) in [4.78, 5) is 14.0. The van der Waals surface area contributed by atoms with Crippen molar-refractivity contribution in [1.29, 1.82) is 0 Å². The molecule has 0 saturated carbocycles. The van der Waals surface area contributed by atoms with Gasteiger partial charge >= 0.3 is 0 Å². The van der Waals surface area contributed by atoms with Gasteiger partial charge in [0.2, 0.25) is 0 Å². The Balaban J connectivity index is 1.86. The lowest BCUT2D eigenvalue weighted by Gasteiger charge is -2.30. The first kappa shape index (κ1) is 15.4. The summed E-state index contributed by atoms with van der Waals surface area (Å²) < 4.78 is 5.83. The molecule has 2 aromatic rings. The normalized spacial score (nSPS) is 14.6. The molecule has 0 radical (unpaired) electrons. The Morgan fingerprint density at radius 2 is 1.74 bits per heavy atom. The summed E-state index contributed by atoms with van der Waals surface area (Å²) in [5.41, 5.74) is 8.10. The smallest absolute Gasteiger partial charge is 0.250 e. The van der Waals surface area contributed by atoms with Gasteiger partial charge in [-0.3, -0.25) is 4.79 Å². The van der Waals surface area contributed by atoms with Gasteiger partial charge in [0, 0.05) is 31.9 Å². The molecule has 1 aliphatic rings. The molecule has 23 heavy (non-hydrogen) atoms. The standard InChI is InChI=1S/C18H21N3O2/c1-13-2-4-14(5-3-13)23-15-6-7-17(16(12-15)18(19)22)21-10-8-20-9-11-21/h2-7,12,20H,8-11H2,1H3,(H2,19,22). The molecule has 1 saturated heterocycles. The topological polar surface area (TPSA) is 67.6 Å². The molecule has 1 heterocycles. The Labute approximate surface area is 136 Å². The van der Waals surface area contributed by atoms with Crippen LogP contribution in [0.3, 0.4) is 0 Å². The second kappa shape index (κ2) is 6.71. The van der Waals surface area contributed by atoms with Crippen LogP contribution in [0.25, 0.3) is 0 Å². The van der Waals surface area contributed by atoms with Crippen LogP contribution in [0.1, 0.15) is 15.9 Å². The minimum absolute atomic E-state index is 0.437. The van der Waals surface area contributed by atoms with E-state index in [1.165, 1.54) is 5.56 Å². The highest BCUT2D eigenvalue weighted by molar-refractivity contribution is 5.99. The molecule has 0 aliphatic carbocycles. The Hall–Kier alpha value is -2.53. The summed E-state index contributed by atoms with van der Waals surface area (Å²) in [7, 11) is 0. The largest absolute Gasteiger partial charge is 0.457 e. The van der Waals surface area contributed by atoms with Gasteiger partial charge < -0.3 is 20.7 Å². The van der Waals surface area contributed by atoms with Gasteiger partial charge in [-0.1, -0.05) is 17.7 Å². The monoisotopic (exact) mass is 311 g/mol. The number of carbonyl (C=O) groups is 1. The first-order valence-electron chi connectivity index (χ1n) is 7.77. The Morgan fingerprint density at radius 3 is 2.39 bits per heavy atom. The minimum Gasteiger partial charge on any atom is -0.457 e. The quantitative estimate of drug-likeness (QED) is 0.909. The second-order valence-electron chi connectivity index (χ2n) is 5.70. The van der Waals surface area contributed by atoms with Gasteiger partial charge in [0.25, 0.3) is 5.91 Å². The summed E-state index contributed by atoms with van der Waals surface area (Å²) in [5.74, 6) is 0.912. The molecular formula is C18H21N3O2. The van der Waals surface area contributed by atoms with Crippen molar-refractivity contribution in [2.75, 3.05) is 31.1 Å². The minimum atomic E-state index is -0.437. The third-order valence-corrected chi connectivity index (χ3v) is 3.95. The molecule has 0 aromatic heterocycles. The number of primary amides is 1. The van der Waals surface area contributed by atoms with Crippen LogP contribution >= 0.6 is 0 Å². The fourth-order valence-corrected chi connectivity index (χ4v) is 2.70. The lowest BCUT2D eigenvalue weighted by molar-refractivity contribution is 0.100. The summed E-state index contributed by atoms with van der Waals surface area (Å²) in [6.45, 7) is 5.55. The fraction of sp³-hybridized carbons (Fsp3) is 0.278. The zero-order chi connectivity index (χ0) is 16.2. The molecule has 0 bridgehead atoms. The van der Waals surface area contributed by atoms with E-state index in [1.54, 1.807) is 6.07 Å². The third-order valence-electron chi connectivity index (χ3n) is 3.95. The summed E-state index contributed by atoms with van der Waals surface area (Å²) in [6, 6.07) is 13.3. The van der Waals surface area contributed by atoms with Crippen molar-refractivity contribution in [3.8, 4) is 11.5 Å². The molecule has 2 aromatic carbocycles. The second-order valence-corrected chi connectivity index (χ2v) is 5.70. The molecule has 0 atom stereocenters. The van der Waals surface area contributed by atoms with Crippen molar-refractivity contribution in [2.45, 2.75) is 6.92 Å². The lowest BCUT2D eigenvalue weighted by Crippen LogP contribution is -2.44. The van der Waals surface area contributed by atoms with Crippen molar-refractivity contribution in [3.05, 3.63) is 53.6 Å². The van der Waals surface area contributed by atoms with Gasteiger partial charge in [-0.05, 0) is 37.3 Å². The van der Waals surface area contributed by atoms with Gasteiger partial charge in [0.15, 0.2) is 0 Å². The van der Waals surface area contributed by atoms with E-state index in [0.29, 0.717) is 11.3 Å². The van der Waals surface area contributed by atoms with E-state index >= 15 is 0 Å². The number of aryl methyl sites for hydroxylation is 1. The maximum absolute atomic E-state index is 11.8. The van der Waals surface area contributed by atoms with Gasteiger partial charge in [-0.15, -0.1) is 0 Å². The van der Waals surface area contributed by atoms with Crippen molar-refractivity contribution in [2.24, 2.45) is 5.73 Å². The number of piperazine rings is 1. The number of nitrogens with two attached hydrogens (primary N) is 1. The predicted molar refractivity (Wildman–Crippen MR) is 91.3 cm³/mol. The zero-order valence-electron chi connectivity index (χ0n) is 13.2.